The number of unbranched alkanes of at least 4 members (excludes halogenated alkanes) is 3. The number of rotatable bonds is 10. The van der Waals surface area contributed by atoms with Crippen molar-refractivity contribution in [2.45, 2.75) is 109 Å². The second kappa shape index (κ2) is 13.1. The zero-order valence-corrected chi connectivity index (χ0v) is 26.0. The fraction of sp³-hybridized carbons (Fsp3) is 0.562. The van der Waals surface area contributed by atoms with Gasteiger partial charge in [0, 0.05) is 17.4 Å². The SMILES string of the molecule is C=CCCCCCC(NC(=O)OC(C)(C)C)C(=O)N1CC2(CCc3c(c(C)nc4ccc(OC(F)(F)F)cc34)O2)CC1C(=O)O. The van der Waals surface area contributed by atoms with Crippen LogP contribution in [-0.2, 0) is 20.7 Å². The van der Waals surface area contributed by atoms with Crippen molar-refractivity contribution in [2.24, 2.45) is 0 Å². The van der Waals surface area contributed by atoms with Crippen LogP contribution in [0, 0.1) is 6.92 Å². The van der Waals surface area contributed by atoms with E-state index in [0.717, 1.165) is 19.3 Å². The number of likely N-dealkylation sites (tertiary alicyclic amines) is 1. The summed E-state index contributed by atoms with van der Waals surface area (Å²) in [4.78, 5) is 44.8. The van der Waals surface area contributed by atoms with E-state index >= 15 is 0 Å². The van der Waals surface area contributed by atoms with Crippen molar-refractivity contribution in [3.05, 3.63) is 42.1 Å². The first-order valence-electron chi connectivity index (χ1n) is 15.0. The van der Waals surface area contributed by atoms with Gasteiger partial charge in [0.05, 0.1) is 17.8 Å². The molecule has 1 spiro atoms. The van der Waals surface area contributed by atoms with Gasteiger partial charge in [0.25, 0.3) is 0 Å². The Morgan fingerprint density at radius 3 is 2.62 bits per heavy atom. The molecule has 2 aliphatic heterocycles. The quantitative estimate of drug-likeness (QED) is 0.233. The van der Waals surface area contributed by atoms with E-state index < -0.39 is 47.6 Å². The molecule has 2 N–H and O–H groups in total. The fourth-order valence-electron chi connectivity index (χ4n) is 6.00. The third-order valence-electron chi connectivity index (χ3n) is 7.93. The molecule has 2 aromatic rings. The summed E-state index contributed by atoms with van der Waals surface area (Å²) < 4.78 is 54.6. The number of hydrogen-bond donors (Lipinski definition) is 2. The van der Waals surface area contributed by atoms with Crippen molar-refractivity contribution >= 4 is 28.9 Å². The van der Waals surface area contributed by atoms with Crippen LogP contribution in [0.5, 0.6) is 11.5 Å². The van der Waals surface area contributed by atoms with E-state index in [2.05, 4.69) is 21.6 Å². The maximum atomic E-state index is 13.9. The lowest BCUT2D eigenvalue weighted by molar-refractivity contribution is -0.274. The zero-order chi connectivity index (χ0) is 33.2. The van der Waals surface area contributed by atoms with Gasteiger partial charge in [-0.3, -0.25) is 4.79 Å². The Hall–Kier alpha value is -4.03. The third kappa shape index (κ3) is 8.37. The van der Waals surface area contributed by atoms with Crippen molar-refractivity contribution in [1.29, 1.82) is 0 Å². The molecule has 0 bridgehead atoms. The molecule has 3 atom stereocenters. The molecule has 3 heterocycles. The van der Waals surface area contributed by atoms with E-state index in [4.69, 9.17) is 9.47 Å². The Kier molecular flexibility index (Phi) is 9.88. The number of aromatic nitrogens is 1. The van der Waals surface area contributed by atoms with Crippen molar-refractivity contribution in [1.82, 2.24) is 15.2 Å². The molecule has 2 aliphatic rings. The van der Waals surface area contributed by atoms with Gasteiger partial charge < -0.3 is 29.5 Å². The number of amides is 2. The van der Waals surface area contributed by atoms with Crippen molar-refractivity contribution in [2.75, 3.05) is 6.54 Å². The fourth-order valence-corrected chi connectivity index (χ4v) is 6.00. The average molecular weight is 636 g/mol. The number of alkyl halides is 3. The van der Waals surface area contributed by atoms with Crippen LogP contribution < -0.4 is 14.8 Å². The topological polar surface area (TPSA) is 127 Å². The molecule has 0 aliphatic carbocycles. The predicted molar refractivity (Wildman–Crippen MR) is 159 cm³/mol. The minimum Gasteiger partial charge on any atom is -0.483 e. The Bertz CT molecular complexity index is 1460. The van der Waals surface area contributed by atoms with Gasteiger partial charge in [-0.25, -0.2) is 14.6 Å². The lowest BCUT2D eigenvalue weighted by Gasteiger charge is -2.36. The van der Waals surface area contributed by atoms with Gasteiger partial charge in [0.1, 0.15) is 34.8 Å². The summed E-state index contributed by atoms with van der Waals surface area (Å²) in [5.41, 5.74) is -0.289. The molecule has 2 amide bonds. The number of aryl methyl sites for hydroxylation is 2. The number of pyridine rings is 1. The standard InChI is InChI=1S/C32H40F3N3O7/c1-6-7-8-9-10-11-24(37-29(42)45-30(3,4)5)27(39)38-18-31(17-25(38)28(40)41)15-14-21-22-16-20(43-32(33,34)35)12-13-23(22)36-19(2)26(21)44-31/h6,12-13,16,24-25H,1,7-11,14-15,17-18H2,2-5H3,(H,37,42)(H,40,41). The van der Waals surface area contributed by atoms with Crippen molar-refractivity contribution < 1.29 is 46.9 Å². The maximum Gasteiger partial charge on any atom is 0.573 e. The normalized spacial score (nSPS) is 20.3. The monoisotopic (exact) mass is 635 g/mol. The van der Waals surface area contributed by atoms with Gasteiger partial charge in [-0.05, 0) is 78.0 Å². The summed E-state index contributed by atoms with van der Waals surface area (Å²) >= 11 is 0. The largest absolute Gasteiger partial charge is 0.573 e. The Morgan fingerprint density at radius 2 is 1.98 bits per heavy atom. The summed E-state index contributed by atoms with van der Waals surface area (Å²) in [6.07, 6.45) is 0.162. The Morgan fingerprint density at radius 1 is 1.24 bits per heavy atom. The number of benzene rings is 1. The van der Waals surface area contributed by atoms with Crippen molar-refractivity contribution in [3.63, 3.8) is 0 Å². The number of allylic oxidation sites excluding steroid dienone is 1. The van der Waals surface area contributed by atoms with Crippen LogP contribution in [0.2, 0.25) is 0 Å². The van der Waals surface area contributed by atoms with Crippen molar-refractivity contribution in [3.8, 4) is 11.5 Å². The highest BCUT2D eigenvalue weighted by Gasteiger charge is 2.53. The second-order valence-corrected chi connectivity index (χ2v) is 12.7. The number of halogens is 3. The first-order valence-corrected chi connectivity index (χ1v) is 15.0. The number of ether oxygens (including phenoxy) is 3. The number of aliphatic carboxylic acids is 1. The maximum absolute atomic E-state index is 13.9. The van der Waals surface area contributed by atoms with Crippen LogP contribution in [0.25, 0.3) is 10.9 Å². The predicted octanol–water partition coefficient (Wildman–Crippen LogP) is 6.22. The molecule has 3 unspecified atom stereocenters. The first-order chi connectivity index (χ1) is 21.0. The van der Waals surface area contributed by atoms with Gasteiger partial charge >= 0.3 is 18.4 Å². The number of carbonyl (C=O) groups excluding carboxylic acids is 2. The van der Waals surface area contributed by atoms with Gasteiger partial charge in [-0.15, -0.1) is 19.8 Å². The summed E-state index contributed by atoms with van der Waals surface area (Å²) in [7, 11) is 0. The van der Waals surface area contributed by atoms with Crippen LogP contribution >= 0.6 is 0 Å². The van der Waals surface area contributed by atoms with E-state index in [0.29, 0.717) is 47.2 Å². The number of nitrogens with zero attached hydrogens (tertiary/aromatic N) is 2. The molecule has 4 rings (SSSR count). The van der Waals surface area contributed by atoms with Crippen LogP contribution in [0.3, 0.4) is 0 Å². The molecular weight excluding hydrogens is 595 g/mol. The van der Waals surface area contributed by atoms with E-state index in [9.17, 15) is 32.7 Å². The number of nitrogens with one attached hydrogen (secondary N) is 1. The van der Waals surface area contributed by atoms with Crippen LogP contribution in [0.4, 0.5) is 18.0 Å². The minimum absolute atomic E-state index is 0.0132. The summed E-state index contributed by atoms with van der Waals surface area (Å²) in [6, 6.07) is 1.67. The molecule has 246 valence electrons. The number of carboxylic acids is 1. The summed E-state index contributed by atoms with van der Waals surface area (Å²) in [5, 5.41) is 13.2. The molecule has 45 heavy (non-hydrogen) atoms. The third-order valence-corrected chi connectivity index (χ3v) is 7.93. The number of fused-ring (bicyclic) bond motifs is 3. The van der Waals surface area contributed by atoms with E-state index in [1.165, 1.54) is 23.1 Å². The molecule has 1 aromatic carbocycles. The van der Waals surface area contributed by atoms with Gasteiger partial charge in [-0.2, -0.15) is 0 Å². The molecule has 13 heteroatoms. The first kappa shape index (κ1) is 33.9. The molecule has 1 saturated heterocycles. The highest BCUT2D eigenvalue weighted by Crippen LogP contribution is 2.45. The lowest BCUT2D eigenvalue weighted by atomic mass is 9.87. The van der Waals surface area contributed by atoms with Crippen LogP contribution in [-0.4, -0.2) is 69.2 Å². The van der Waals surface area contributed by atoms with E-state index in [1.807, 2.05) is 0 Å². The molecule has 0 saturated carbocycles. The number of carbonyl (C=O) groups is 3. The van der Waals surface area contributed by atoms with Gasteiger partial charge in [0.2, 0.25) is 5.91 Å². The molecule has 10 nitrogen and oxygen atoms in total. The molecule has 0 radical (unpaired) electrons. The Balaban J connectivity index is 1.60. The smallest absolute Gasteiger partial charge is 0.483 e. The number of carboxylic acid groups (broad SMARTS) is 1. The summed E-state index contributed by atoms with van der Waals surface area (Å²) in [6.45, 7) is 10.5. The molecule has 1 aromatic heterocycles. The second-order valence-electron chi connectivity index (χ2n) is 12.7. The average Bonchev–Trinajstić information content (AvgIpc) is 3.29. The highest BCUT2D eigenvalue weighted by atomic mass is 19.4. The molecular formula is C32H40F3N3O7. The van der Waals surface area contributed by atoms with Crippen LogP contribution in [0.1, 0.15) is 77.0 Å². The highest BCUT2D eigenvalue weighted by molar-refractivity contribution is 5.90. The lowest BCUT2D eigenvalue weighted by Crippen LogP contribution is -2.53. The van der Waals surface area contributed by atoms with Crippen LogP contribution in [0.15, 0.2) is 30.9 Å². The molecule has 1 fully saturated rings. The summed E-state index contributed by atoms with van der Waals surface area (Å²) in [5.74, 6) is -1.80. The van der Waals surface area contributed by atoms with Gasteiger partial charge in [0.15, 0.2) is 0 Å². The minimum atomic E-state index is -4.86. The number of hydrogen-bond acceptors (Lipinski definition) is 7. The van der Waals surface area contributed by atoms with E-state index in [-0.39, 0.29) is 25.1 Å². The number of alkyl carbamates (subject to hydrolysis) is 1. The van der Waals surface area contributed by atoms with Gasteiger partial charge in [-0.1, -0.05) is 18.9 Å². The Labute approximate surface area is 259 Å². The van der Waals surface area contributed by atoms with E-state index in [1.54, 1.807) is 33.8 Å². The zero-order valence-electron chi connectivity index (χ0n) is 26.0.